The fraction of sp³-hybridized carbons (Fsp3) is 0.357. The summed E-state index contributed by atoms with van der Waals surface area (Å²) in [7, 11) is 3.77. The van der Waals surface area contributed by atoms with E-state index in [2.05, 4.69) is 11.5 Å². The van der Waals surface area contributed by atoms with E-state index in [-0.39, 0.29) is 25.2 Å². The Labute approximate surface area is 324 Å². The Bertz CT molecular complexity index is 2470. The highest BCUT2D eigenvalue weighted by molar-refractivity contribution is 6.35. The molecule has 0 fully saturated rings. The van der Waals surface area contributed by atoms with E-state index in [4.69, 9.17) is 37.8 Å². The Morgan fingerprint density at radius 1 is 1.00 bits per heavy atom. The van der Waals surface area contributed by atoms with E-state index in [1.165, 1.54) is 0 Å². The molecule has 54 heavy (non-hydrogen) atoms. The average Bonchev–Trinajstić information content (AvgIpc) is 3.74. The van der Waals surface area contributed by atoms with Crippen molar-refractivity contribution in [3.05, 3.63) is 97.5 Å². The van der Waals surface area contributed by atoms with Crippen molar-refractivity contribution in [2.45, 2.75) is 67.0 Å². The lowest BCUT2D eigenvalue weighted by Gasteiger charge is -2.35. The second kappa shape index (κ2) is 14.5. The normalized spacial score (nSPS) is 14.4. The minimum Gasteiger partial charge on any atom is -0.494 e. The maximum atomic E-state index is 15.2. The Balaban J connectivity index is 1.40. The molecule has 0 bridgehead atoms. The van der Waals surface area contributed by atoms with E-state index in [0.717, 1.165) is 60.9 Å². The molecule has 282 valence electrons. The number of carbonyl (C=O) groups excluding carboxylic acids is 2. The highest BCUT2D eigenvalue weighted by Gasteiger charge is 2.38. The number of amides is 1. The SMILES string of the molecule is CCOC(=O)c1cn(C)c2c(N3C[C@@H](C)n4c(c(CCCOc5cc(C)c(Cl)c(C)c5)c5ccc(Cl)c(-c6c(C)nn(C)c6C)c54)C3=O)cc(CO)cc12. The lowest BCUT2D eigenvalue weighted by Crippen LogP contribution is -2.43. The van der Waals surface area contributed by atoms with E-state index in [0.29, 0.717) is 64.4 Å². The summed E-state index contributed by atoms with van der Waals surface area (Å²) in [5.41, 5.74) is 10.2. The van der Waals surface area contributed by atoms with Crippen molar-refractivity contribution in [3.8, 4) is 16.9 Å². The number of aliphatic hydroxyl groups is 1. The van der Waals surface area contributed by atoms with Crippen LogP contribution in [0.2, 0.25) is 10.0 Å². The van der Waals surface area contributed by atoms with Crippen LogP contribution in [0.4, 0.5) is 5.69 Å². The van der Waals surface area contributed by atoms with Crippen molar-refractivity contribution in [2.75, 3.05) is 24.7 Å². The van der Waals surface area contributed by atoms with Gasteiger partial charge in [0.05, 0.1) is 52.8 Å². The van der Waals surface area contributed by atoms with E-state index < -0.39 is 5.97 Å². The first-order valence-electron chi connectivity index (χ1n) is 18.2. The summed E-state index contributed by atoms with van der Waals surface area (Å²) >= 11 is 13.5. The molecule has 3 aromatic carbocycles. The number of rotatable bonds is 10. The number of hydrogen-bond donors (Lipinski definition) is 1. The first kappa shape index (κ1) is 37.5. The van der Waals surface area contributed by atoms with Gasteiger partial charge in [-0.05, 0) is 107 Å². The van der Waals surface area contributed by atoms with Crippen LogP contribution in [0, 0.1) is 27.7 Å². The summed E-state index contributed by atoms with van der Waals surface area (Å²) < 4.78 is 17.5. The monoisotopic (exact) mass is 769 g/mol. The van der Waals surface area contributed by atoms with E-state index >= 15 is 4.79 Å². The molecule has 6 aromatic rings. The number of anilines is 1. The Morgan fingerprint density at radius 2 is 1.72 bits per heavy atom. The topological polar surface area (TPSA) is 104 Å². The van der Waals surface area contributed by atoms with E-state index in [1.807, 2.05) is 81.4 Å². The molecular weight excluding hydrogens is 725 g/mol. The van der Waals surface area contributed by atoms with E-state index in [1.54, 1.807) is 24.1 Å². The number of ether oxygens (including phenoxy) is 2. The largest absolute Gasteiger partial charge is 0.494 e. The number of halogens is 2. The number of carbonyl (C=O) groups is 2. The molecule has 7 rings (SSSR count). The molecule has 3 aromatic heterocycles. The lowest BCUT2D eigenvalue weighted by atomic mass is 9.98. The van der Waals surface area contributed by atoms with Gasteiger partial charge in [0.15, 0.2) is 0 Å². The lowest BCUT2D eigenvalue weighted by molar-refractivity contribution is 0.0528. The number of aryl methyl sites for hydroxylation is 6. The van der Waals surface area contributed by atoms with Gasteiger partial charge in [-0.3, -0.25) is 9.48 Å². The second-order valence-electron chi connectivity index (χ2n) is 14.3. The molecular formula is C42H45Cl2N5O5. The molecule has 1 atom stereocenters. The Kier molecular flexibility index (Phi) is 10.1. The zero-order chi connectivity index (χ0) is 38.7. The van der Waals surface area contributed by atoms with Crippen LogP contribution in [-0.2, 0) is 31.9 Å². The number of hydrogen-bond acceptors (Lipinski definition) is 6. The molecule has 10 nitrogen and oxygen atoms in total. The van der Waals surface area contributed by atoms with Crippen LogP contribution in [0.25, 0.3) is 32.9 Å². The molecule has 12 heteroatoms. The van der Waals surface area contributed by atoms with Gasteiger partial charge in [0, 0.05) is 65.5 Å². The second-order valence-corrected chi connectivity index (χ2v) is 15.1. The van der Waals surface area contributed by atoms with Gasteiger partial charge in [-0.2, -0.15) is 5.10 Å². The molecule has 0 saturated heterocycles. The molecule has 0 unspecified atom stereocenters. The summed E-state index contributed by atoms with van der Waals surface area (Å²) in [6.07, 6.45) is 2.93. The van der Waals surface area contributed by atoms with Gasteiger partial charge in [-0.25, -0.2) is 4.79 Å². The van der Waals surface area contributed by atoms with Crippen molar-refractivity contribution in [1.82, 2.24) is 18.9 Å². The van der Waals surface area contributed by atoms with Crippen LogP contribution in [-0.4, -0.2) is 55.7 Å². The summed E-state index contributed by atoms with van der Waals surface area (Å²) in [6, 6.07) is 11.3. The first-order chi connectivity index (χ1) is 25.8. The predicted molar refractivity (Wildman–Crippen MR) is 215 cm³/mol. The van der Waals surface area contributed by atoms with Crippen molar-refractivity contribution < 1.29 is 24.2 Å². The highest BCUT2D eigenvalue weighted by Crippen LogP contribution is 2.46. The maximum Gasteiger partial charge on any atom is 0.340 e. The van der Waals surface area contributed by atoms with Crippen LogP contribution in [0.3, 0.4) is 0 Å². The van der Waals surface area contributed by atoms with Crippen molar-refractivity contribution in [3.63, 3.8) is 0 Å². The number of benzene rings is 3. The quantitative estimate of drug-likeness (QED) is 0.110. The van der Waals surface area contributed by atoms with Gasteiger partial charge in [0.2, 0.25) is 0 Å². The Hall–Kier alpha value is -4.77. The van der Waals surface area contributed by atoms with Gasteiger partial charge in [0.1, 0.15) is 11.4 Å². The zero-order valence-corrected chi connectivity index (χ0v) is 33.4. The van der Waals surface area contributed by atoms with Gasteiger partial charge in [-0.15, -0.1) is 0 Å². The van der Waals surface area contributed by atoms with Crippen LogP contribution in [0.15, 0.2) is 42.6 Å². The fourth-order valence-electron chi connectivity index (χ4n) is 8.19. The summed E-state index contributed by atoms with van der Waals surface area (Å²) in [6.45, 7) is 12.5. The predicted octanol–water partition coefficient (Wildman–Crippen LogP) is 8.98. The van der Waals surface area contributed by atoms with Crippen LogP contribution in [0.5, 0.6) is 5.75 Å². The molecule has 0 radical (unpaired) electrons. The molecule has 0 spiro atoms. The average molecular weight is 771 g/mol. The van der Waals surface area contributed by atoms with E-state index in [9.17, 15) is 9.90 Å². The molecule has 0 saturated carbocycles. The van der Waals surface area contributed by atoms with Crippen molar-refractivity contribution in [1.29, 1.82) is 0 Å². The van der Waals surface area contributed by atoms with Gasteiger partial charge >= 0.3 is 5.97 Å². The van der Waals surface area contributed by atoms with Crippen LogP contribution >= 0.6 is 23.2 Å². The summed E-state index contributed by atoms with van der Waals surface area (Å²) in [5, 5.41) is 18.0. The maximum absolute atomic E-state index is 15.2. The fourth-order valence-corrected chi connectivity index (χ4v) is 8.54. The number of esters is 1. The minimum atomic E-state index is -0.457. The molecule has 1 N–H and O–H groups in total. The Morgan fingerprint density at radius 3 is 2.37 bits per heavy atom. The van der Waals surface area contributed by atoms with Crippen molar-refractivity contribution in [2.24, 2.45) is 14.1 Å². The third kappa shape index (κ3) is 6.14. The standard InChI is InChI=1S/C42H45Cl2N5O5/c1-9-53-42(52)32-20-46(7)38-31(32)17-27(21-50)18-34(38)48-19-24(4)49-39-30(12-13-33(43)36(39)35-25(5)45-47(8)26(35)6)29(40(49)41(48)51)11-10-14-54-28-15-22(2)37(44)23(3)16-28/h12-13,15-18,20,24,50H,9-11,14,19,21H2,1-8H3/t24-/m1/s1. The minimum absolute atomic E-state index is 0.179. The van der Waals surface area contributed by atoms with Gasteiger partial charge in [-0.1, -0.05) is 29.3 Å². The van der Waals surface area contributed by atoms with Gasteiger partial charge < -0.3 is 28.6 Å². The number of aromatic nitrogens is 4. The summed E-state index contributed by atoms with van der Waals surface area (Å²) in [5.74, 6) is 0.116. The molecule has 1 aliphatic rings. The third-order valence-electron chi connectivity index (χ3n) is 10.6. The number of nitrogens with zero attached hydrogens (tertiary/aromatic N) is 5. The first-order valence-corrected chi connectivity index (χ1v) is 19.0. The number of aliphatic hydroxyl groups excluding tert-OH is 1. The molecule has 4 heterocycles. The molecule has 1 amide bonds. The van der Waals surface area contributed by atoms with Crippen molar-refractivity contribution >= 4 is 62.6 Å². The molecule has 1 aliphatic heterocycles. The van der Waals surface area contributed by atoms with Gasteiger partial charge in [0.25, 0.3) is 5.91 Å². The summed E-state index contributed by atoms with van der Waals surface area (Å²) in [4.78, 5) is 30.1. The van der Waals surface area contributed by atoms with Crippen LogP contribution < -0.4 is 9.64 Å². The smallest absolute Gasteiger partial charge is 0.340 e. The zero-order valence-electron chi connectivity index (χ0n) is 31.9. The highest BCUT2D eigenvalue weighted by atomic mass is 35.5. The van der Waals surface area contributed by atoms with Crippen LogP contribution in [0.1, 0.15) is 80.8 Å². The molecule has 0 aliphatic carbocycles. The third-order valence-corrected chi connectivity index (χ3v) is 11.6. The number of fused-ring (bicyclic) bond motifs is 4.